The van der Waals surface area contributed by atoms with Crippen LogP contribution in [0, 0.1) is 6.92 Å². The van der Waals surface area contributed by atoms with Crippen LogP contribution >= 0.6 is 11.3 Å². The molecule has 0 spiro atoms. The molecule has 2 heterocycles. The molecule has 8 heteroatoms. The molecule has 0 radical (unpaired) electrons. The summed E-state index contributed by atoms with van der Waals surface area (Å²) in [6, 6.07) is 5.74. The maximum atomic E-state index is 13.0. The summed E-state index contributed by atoms with van der Waals surface area (Å²) in [6.07, 6.45) is 0.483. The van der Waals surface area contributed by atoms with E-state index >= 15 is 0 Å². The van der Waals surface area contributed by atoms with Crippen LogP contribution in [0.4, 0.5) is 0 Å². The van der Waals surface area contributed by atoms with E-state index in [1.165, 1.54) is 18.4 Å². The third-order valence-corrected chi connectivity index (χ3v) is 5.25. The molecule has 1 aromatic carbocycles. The average molecular weight is 388 g/mol. The van der Waals surface area contributed by atoms with E-state index in [9.17, 15) is 14.4 Å². The first-order valence-electron chi connectivity index (χ1n) is 8.42. The van der Waals surface area contributed by atoms with E-state index < -0.39 is 5.69 Å². The molecule has 0 aliphatic rings. The van der Waals surface area contributed by atoms with E-state index in [1.54, 1.807) is 7.11 Å². The molecule has 7 nitrogen and oxygen atoms in total. The first-order valence-corrected chi connectivity index (χ1v) is 9.30. The average Bonchev–Trinajstić information content (AvgIpc) is 3.07. The minimum Gasteiger partial charge on any atom is -0.496 e. The van der Waals surface area contributed by atoms with Crippen LogP contribution < -0.4 is 16.0 Å². The van der Waals surface area contributed by atoms with Gasteiger partial charge in [0.25, 0.3) is 5.56 Å². The Balaban J connectivity index is 2.11. The molecule has 0 unspecified atom stereocenters. The van der Waals surface area contributed by atoms with Crippen LogP contribution in [0.5, 0.6) is 5.75 Å². The molecule has 142 valence electrons. The quantitative estimate of drug-likeness (QED) is 0.656. The van der Waals surface area contributed by atoms with Gasteiger partial charge in [-0.15, -0.1) is 11.3 Å². The van der Waals surface area contributed by atoms with E-state index in [0.29, 0.717) is 22.4 Å². The van der Waals surface area contributed by atoms with Crippen molar-refractivity contribution in [3.8, 4) is 16.9 Å². The van der Waals surface area contributed by atoms with Crippen molar-refractivity contribution < 1.29 is 14.3 Å². The van der Waals surface area contributed by atoms with Gasteiger partial charge < -0.3 is 9.47 Å². The summed E-state index contributed by atoms with van der Waals surface area (Å²) in [5.74, 6) is 0.282. The minimum absolute atomic E-state index is 0.138. The summed E-state index contributed by atoms with van der Waals surface area (Å²) in [5, 5.41) is 2.29. The summed E-state index contributed by atoms with van der Waals surface area (Å²) < 4.78 is 11.2. The third kappa shape index (κ3) is 3.66. The lowest BCUT2D eigenvalue weighted by Crippen LogP contribution is -2.35. The molecular formula is C19H20N2O5S. The van der Waals surface area contributed by atoms with Crippen molar-refractivity contribution in [2.75, 3.05) is 14.2 Å². The second kappa shape index (κ2) is 7.79. The fourth-order valence-corrected chi connectivity index (χ4v) is 3.91. The SMILES string of the molecule is COC(=O)CCCn1c(=O)[nH]c2scc(-c3cc(C)ccc3OC)c2c1=O. The fourth-order valence-electron chi connectivity index (χ4n) is 2.97. The number of carbonyl (C=O) groups excluding carboxylic acids is 1. The molecule has 0 amide bonds. The number of fused-ring (bicyclic) bond motifs is 1. The molecule has 0 bridgehead atoms. The minimum atomic E-state index is -0.484. The molecule has 1 N–H and O–H groups in total. The number of benzene rings is 1. The van der Waals surface area contributed by atoms with Gasteiger partial charge in [-0.05, 0) is 25.5 Å². The van der Waals surface area contributed by atoms with Gasteiger partial charge in [-0.25, -0.2) is 4.79 Å². The number of H-pyrrole nitrogens is 1. The number of thiophene rings is 1. The number of aromatic nitrogens is 2. The van der Waals surface area contributed by atoms with Gasteiger partial charge in [0.2, 0.25) is 0 Å². The number of rotatable bonds is 6. The molecule has 0 aliphatic heterocycles. The third-order valence-electron chi connectivity index (χ3n) is 4.35. The molecule has 0 aliphatic carbocycles. The smallest absolute Gasteiger partial charge is 0.329 e. The Bertz CT molecular complexity index is 1110. The Morgan fingerprint density at radius 1 is 1.22 bits per heavy atom. The molecule has 3 rings (SSSR count). The van der Waals surface area contributed by atoms with E-state index in [4.69, 9.17) is 4.74 Å². The number of methoxy groups -OCH3 is 2. The predicted molar refractivity (Wildman–Crippen MR) is 105 cm³/mol. The number of aromatic amines is 1. The molecule has 27 heavy (non-hydrogen) atoms. The fraction of sp³-hybridized carbons (Fsp3) is 0.316. The van der Waals surface area contributed by atoms with Crippen LogP contribution in [0.15, 0.2) is 33.2 Å². The number of hydrogen-bond donors (Lipinski definition) is 1. The number of esters is 1. The zero-order valence-electron chi connectivity index (χ0n) is 15.3. The van der Waals surface area contributed by atoms with Crippen molar-refractivity contribution in [2.24, 2.45) is 0 Å². The number of ether oxygens (including phenoxy) is 2. The Morgan fingerprint density at radius 2 is 2.00 bits per heavy atom. The molecule has 0 saturated carbocycles. The largest absolute Gasteiger partial charge is 0.496 e. The standard InChI is InChI=1S/C19H20N2O5S/c1-11-6-7-14(25-2)12(9-11)13-10-27-17-16(13)18(23)21(19(24)20-17)8-4-5-15(22)26-3/h6-7,9-10H,4-5,8H2,1-3H3,(H,20,24). The second-order valence-electron chi connectivity index (χ2n) is 6.12. The topological polar surface area (TPSA) is 90.4 Å². The van der Waals surface area contributed by atoms with Crippen molar-refractivity contribution in [3.05, 3.63) is 50.0 Å². The number of nitrogens with zero attached hydrogens (tertiary/aromatic N) is 1. The Kier molecular flexibility index (Phi) is 5.46. The van der Waals surface area contributed by atoms with E-state index in [2.05, 4.69) is 9.72 Å². The van der Waals surface area contributed by atoms with Crippen molar-refractivity contribution in [3.63, 3.8) is 0 Å². The van der Waals surface area contributed by atoms with Gasteiger partial charge in [0.05, 0.1) is 19.6 Å². The molecular weight excluding hydrogens is 368 g/mol. The van der Waals surface area contributed by atoms with Crippen LogP contribution in [0.3, 0.4) is 0 Å². The lowest BCUT2D eigenvalue weighted by molar-refractivity contribution is -0.140. The maximum Gasteiger partial charge on any atom is 0.329 e. The van der Waals surface area contributed by atoms with Crippen LogP contribution in [0.25, 0.3) is 21.3 Å². The Labute approximate surface area is 159 Å². The zero-order chi connectivity index (χ0) is 19.6. The summed E-state index contributed by atoms with van der Waals surface area (Å²) in [4.78, 5) is 39.9. The summed E-state index contributed by atoms with van der Waals surface area (Å²) in [5.41, 5.74) is 1.70. The highest BCUT2D eigenvalue weighted by molar-refractivity contribution is 7.17. The van der Waals surface area contributed by atoms with Crippen molar-refractivity contribution in [1.82, 2.24) is 9.55 Å². The summed E-state index contributed by atoms with van der Waals surface area (Å²) in [6.45, 7) is 2.10. The van der Waals surface area contributed by atoms with Crippen LogP contribution in [0.2, 0.25) is 0 Å². The van der Waals surface area contributed by atoms with E-state index in [-0.39, 0.29) is 24.5 Å². The molecule has 3 aromatic rings. The Morgan fingerprint density at radius 3 is 2.70 bits per heavy atom. The number of carbonyl (C=O) groups is 1. The number of nitrogens with one attached hydrogen (secondary N) is 1. The van der Waals surface area contributed by atoms with Gasteiger partial charge >= 0.3 is 11.7 Å². The monoisotopic (exact) mass is 388 g/mol. The first kappa shape index (κ1) is 18.9. The Hall–Kier alpha value is -2.87. The molecule has 0 atom stereocenters. The van der Waals surface area contributed by atoms with E-state index in [1.807, 2.05) is 30.5 Å². The lowest BCUT2D eigenvalue weighted by atomic mass is 10.0. The summed E-state index contributed by atoms with van der Waals surface area (Å²) in [7, 11) is 2.88. The van der Waals surface area contributed by atoms with Gasteiger partial charge in [-0.3, -0.25) is 19.1 Å². The molecule has 2 aromatic heterocycles. The highest BCUT2D eigenvalue weighted by atomic mass is 32.1. The van der Waals surface area contributed by atoms with Crippen molar-refractivity contribution >= 4 is 27.5 Å². The van der Waals surface area contributed by atoms with Gasteiger partial charge in [-0.2, -0.15) is 0 Å². The van der Waals surface area contributed by atoms with Gasteiger partial charge in [0, 0.05) is 29.5 Å². The molecule has 0 fully saturated rings. The molecule has 0 saturated heterocycles. The maximum absolute atomic E-state index is 13.0. The first-order chi connectivity index (χ1) is 13.0. The summed E-state index contributed by atoms with van der Waals surface area (Å²) >= 11 is 1.30. The van der Waals surface area contributed by atoms with Crippen LogP contribution in [-0.2, 0) is 16.1 Å². The van der Waals surface area contributed by atoms with Crippen LogP contribution in [0.1, 0.15) is 18.4 Å². The zero-order valence-corrected chi connectivity index (χ0v) is 16.1. The van der Waals surface area contributed by atoms with Crippen molar-refractivity contribution in [1.29, 1.82) is 0 Å². The van der Waals surface area contributed by atoms with Gasteiger partial charge in [0.15, 0.2) is 0 Å². The van der Waals surface area contributed by atoms with Gasteiger partial charge in [-0.1, -0.05) is 11.6 Å². The highest BCUT2D eigenvalue weighted by Crippen LogP contribution is 2.36. The normalized spacial score (nSPS) is 10.9. The van der Waals surface area contributed by atoms with Crippen molar-refractivity contribution in [2.45, 2.75) is 26.3 Å². The van der Waals surface area contributed by atoms with Gasteiger partial charge in [0.1, 0.15) is 10.6 Å². The number of aryl methyl sites for hydroxylation is 1. The van der Waals surface area contributed by atoms with E-state index in [0.717, 1.165) is 21.3 Å². The van der Waals surface area contributed by atoms with Crippen LogP contribution in [-0.4, -0.2) is 29.7 Å². The second-order valence-corrected chi connectivity index (χ2v) is 7.00. The lowest BCUT2D eigenvalue weighted by Gasteiger charge is -2.09. The number of hydrogen-bond acceptors (Lipinski definition) is 6. The predicted octanol–water partition coefficient (Wildman–Crippen LogP) is 2.69. The highest BCUT2D eigenvalue weighted by Gasteiger charge is 2.17.